The van der Waals surface area contributed by atoms with E-state index in [0.717, 1.165) is 12.8 Å². The van der Waals surface area contributed by atoms with Crippen molar-refractivity contribution < 1.29 is 19.5 Å². The van der Waals surface area contributed by atoms with Gasteiger partial charge in [0.25, 0.3) is 0 Å². The molecule has 0 saturated heterocycles. The van der Waals surface area contributed by atoms with E-state index in [1.54, 1.807) is 0 Å². The second-order valence-electron chi connectivity index (χ2n) is 3.90. The Hall–Kier alpha value is -1.59. The molecule has 17 heavy (non-hydrogen) atoms. The van der Waals surface area contributed by atoms with Gasteiger partial charge in [0, 0.05) is 12.8 Å². The zero-order valence-corrected chi connectivity index (χ0v) is 10.1. The maximum atomic E-state index is 11.0. The summed E-state index contributed by atoms with van der Waals surface area (Å²) in [6.07, 6.45) is 2.44. The number of carbonyl (C=O) groups is 3. The van der Waals surface area contributed by atoms with E-state index >= 15 is 0 Å². The topological polar surface area (TPSA) is 109 Å². The minimum absolute atomic E-state index is 0.222. The molecule has 0 heterocycles. The molecule has 0 aliphatic carbocycles. The van der Waals surface area contributed by atoms with E-state index in [4.69, 9.17) is 10.8 Å². The van der Waals surface area contributed by atoms with Crippen molar-refractivity contribution in [2.75, 3.05) is 0 Å². The molecular formula is C11H20N2O4. The Morgan fingerprint density at radius 2 is 1.88 bits per heavy atom. The fourth-order valence-electron chi connectivity index (χ4n) is 1.46. The average Bonchev–Trinajstić information content (AvgIpc) is 2.25. The third-order valence-corrected chi connectivity index (χ3v) is 2.48. The Balaban J connectivity index is 3.72. The van der Waals surface area contributed by atoms with Crippen molar-refractivity contribution in [2.24, 2.45) is 5.73 Å². The highest BCUT2D eigenvalue weighted by Crippen LogP contribution is 2.07. The predicted octanol–water partition coefficient (Wildman–Crippen LogP) is 1.04. The normalized spacial score (nSPS) is 11.8. The molecule has 0 aliphatic rings. The number of carboxylic acid groups (broad SMARTS) is 1. The van der Waals surface area contributed by atoms with Gasteiger partial charge >= 0.3 is 6.09 Å². The van der Waals surface area contributed by atoms with E-state index in [1.165, 1.54) is 0 Å². The number of unbranched alkanes of at least 4 members (excludes halogenated alkanes) is 2. The Morgan fingerprint density at radius 1 is 1.24 bits per heavy atom. The molecule has 4 N–H and O–H groups in total. The van der Waals surface area contributed by atoms with Gasteiger partial charge in [-0.1, -0.05) is 19.8 Å². The summed E-state index contributed by atoms with van der Waals surface area (Å²) in [5, 5.41) is 10.5. The third kappa shape index (κ3) is 8.24. The highest BCUT2D eigenvalue weighted by molar-refractivity contribution is 5.83. The van der Waals surface area contributed by atoms with Crippen LogP contribution in [0.4, 0.5) is 4.79 Å². The van der Waals surface area contributed by atoms with Crippen LogP contribution in [-0.4, -0.2) is 28.9 Å². The minimum Gasteiger partial charge on any atom is -0.465 e. The molecular weight excluding hydrogens is 224 g/mol. The Kier molecular flexibility index (Phi) is 7.75. The molecule has 0 bridgehead atoms. The van der Waals surface area contributed by atoms with Crippen LogP contribution in [0.1, 0.15) is 45.4 Å². The van der Waals surface area contributed by atoms with E-state index in [1.807, 2.05) is 6.92 Å². The number of nitrogens with one attached hydrogen (secondary N) is 1. The molecule has 6 nitrogen and oxygen atoms in total. The van der Waals surface area contributed by atoms with Crippen molar-refractivity contribution in [3.8, 4) is 0 Å². The fourth-order valence-corrected chi connectivity index (χ4v) is 1.46. The van der Waals surface area contributed by atoms with Crippen LogP contribution in [0.2, 0.25) is 0 Å². The molecule has 2 amide bonds. The minimum atomic E-state index is -1.25. The van der Waals surface area contributed by atoms with Crippen LogP contribution in [-0.2, 0) is 9.59 Å². The molecule has 0 radical (unpaired) electrons. The lowest BCUT2D eigenvalue weighted by atomic mass is 10.0. The summed E-state index contributed by atoms with van der Waals surface area (Å²) in [7, 11) is 0. The first-order valence-corrected chi connectivity index (χ1v) is 5.77. The second-order valence-corrected chi connectivity index (χ2v) is 3.90. The van der Waals surface area contributed by atoms with Crippen LogP contribution < -0.4 is 11.1 Å². The van der Waals surface area contributed by atoms with Crippen molar-refractivity contribution in [3.63, 3.8) is 0 Å². The van der Waals surface area contributed by atoms with E-state index in [0.29, 0.717) is 25.7 Å². The zero-order valence-electron chi connectivity index (χ0n) is 10.1. The van der Waals surface area contributed by atoms with E-state index in [2.05, 4.69) is 5.32 Å². The lowest BCUT2D eigenvalue weighted by Gasteiger charge is -2.12. The van der Waals surface area contributed by atoms with E-state index < -0.39 is 18.0 Å². The number of Topliss-reactive ketones (excluding diaryl/α,β-unsaturated/α-hetero) is 1. The van der Waals surface area contributed by atoms with Crippen LogP contribution in [0, 0.1) is 0 Å². The lowest BCUT2D eigenvalue weighted by molar-refractivity contribution is -0.120. The molecule has 0 aromatic heterocycles. The number of amides is 2. The summed E-state index contributed by atoms with van der Waals surface area (Å²) >= 11 is 0. The van der Waals surface area contributed by atoms with Gasteiger partial charge in [-0.15, -0.1) is 0 Å². The molecule has 0 unspecified atom stereocenters. The number of ketones is 1. The van der Waals surface area contributed by atoms with Gasteiger partial charge in [0.2, 0.25) is 5.91 Å². The first-order chi connectivity index (χ1) is 7.97. The standard InChI is InChI=1S/C11H20N2O4/c1-2-8(14)6-4-3-5-7-9(10(12)15)13-11(16)17/h9,13H,2-7H2,1H3,(H2,12,15)(H,16,17)/t9-/m0/s1. The van der Waals surface area contributed by atoms with Crippen molar-refractivity contribution >= 4 is 17.8 Å². The monoisotopic (exact) mass is 244 g/mol. The van der Waals surface area contributed by atoms with Gasteiger partial charge in [-0.25, -0.2) is 4.79 Å². The van der Waals surface area contributed by atoms with Crippen LogP contribution in [0.15, 0.2) is 0 Å². The molecule has 0 fully saturated rings. The molecule has 6 heteroatoms. The summed E-state index contributed by atoms with van der Waals surface area (Å²) in [5.74, 6) is -0.447. The maximum Gasteiger partial charge on any atom is 0.405 e. The molecule has 0 spiro atoms. The highest BCUT2D eigenvalue weighted by atomic mass is 16.4. The predicted molar refractivity (Wildman–Crippen MR) is 62.5 cm³/mol. The summed E-state index contributed by atoms with van der Waals surface area (Å²) in [5.41, 5.74) is 5.05. The van der Waals surface area contributed by atoms with Crippen molar-refractivity contribution in [3.05, 3.63) is 0 Å². The largest absolute Gasteiger partial charge is 0.465 e. The SMILES string of the molecule is CCC(=O)CCCCC[C@H](NC(=O)O)C(N)=O. The van der Waals surface area contributed by atoms with Gasteiger partial charge in [-0.3, -0.25) is 9.59 Å². The van der Waals surface area contributed by atoms with Crippen LogP contribution in [0.5, 0.6) is 0 Å². The molecule has 0 saturated carbocycles. The highest BCUT2D eigenvalue weighted by Gasteiger charge is 2.16. The molecule has 0 aromatic carbocycles. The van der Waals surface area contributed by atoms with Crippen LogP contribution >= 0.6 is 0 Å². The Bertz CT molecular complexity index is 279. The van der Waals surface area contributed by atoms with E-state index in [9.17, 15) is 14.4 Å². The first kappa shape index (κ1) is 15.4. The van der Waals surface area contributed by atoms with E-state index in [-0.39, 0.29) is 5.78 Å². The molecule has 0 rings (SSSR count). The van der Waals surface area contributed by atoms with Gasteiger partial charge in [-0.2, -0.15) is 0 Å². The molecule has 98 valence electrons. The number of carbonyl (C=O) groups excluding carboxylic acids is 2. The summed E-state index contributed by atoms with van der Waals surface area (Å²) in [6, 6.07) is -0.839. The smallest absolute Gasteiger partial charge is 0.405 e. The van der Waals surface area contributed by atoms with Gasteiger partial charge < -0.3 is 16.2 Å². The summed E-state index contributed by atoms with van der Waals surface area (Å²) in [6.45, 7) is 1.82. The molecule has 0 aromatic rings. The van der Waals surface area contributed by atoms with Crippen molar-refractivity contribution in [2.45, 2.75) is 51.5 Å². The molecule has 1 atom stereocenters. The third-order valence-electron chi connectivity index (χ3n) is 2.48. The zero-order chi connectivity index (χ0) is 13.3. The first-order valence-electron chi connectivity index (χ1n) is 5.77. The van der Waals surface area contributed by atoms with Gasteiger partial charge in [0.05, 0.1) is 0 Å². The van der Waals surface area contributed by atoms with Crippen molar-refractivity contribution in [1.82, 2.24) is 5.32 Å². The molecule has 0 aliphatic heterocycles. The number of hydrogen-bond donors (Lipinski definition) is 3. The fraction of sp³-hybridized carbons (Fsp3) is 0.727. The average molecular weight is 244 g/mol. The Labute approximate surface area is 101 Å². The Morgan fingerprint density at radius 3 is 2.35 bits per heavy atom. The summed E-state index contributed by atoms with van der Waals surface area (Å²) in [4.78, 5) is 32.3. The number of hydrogen-bond acceptors (Lipinski definition) is 3. The van der Waals surface area contributed by atoms with Gasteiger partial charge in [-0.05, 0) is 12.8 Å². The summed E-state index contributed by atoms with van der Waals surface area (Å²) < 4.78 is 0. The van der Waals surface area contributed by atoms with Crippen molar-refractivity contribution in [1.29, 1.82) is 0 Å². The quantitative estimate of drug-likeness (QED) is 0.526. The lowest BCUT2D eigenvalue weighted by Crippen LogP contribution is -2.43. The second kappa shape index (κ2) is 8.55. The number of primary amides is 1. The number of nitrogens with two attached hydrogens (primary N) is 1. The van der Waals surface area contributed by atoms with Gasteiger partial charge in [0.15, 0.2) is 0 Å². The van der Waals surface area contributed by atoms with Crippen LogP contribution in [0.3, 0.4) is 0 Å². The van der Waals surface area contributed by atoms with Crippen LogP contribution in [0.25, 0.3) is 0 Å². The van der Waals surface area contributed by atoms with Gasteiger partial charge in [0.1, 0.15) is 11.8 Å². The number of rotatable bonds is 9. The maximum absolute atomic E-state index is 11.0.